The molecule has 2 aromatic carbocycles. The number of nitrogens with zero attached hydrogens (tertiary/aromatic N) is 7. The predicted molar refractivity (Wildman–Crippen MR) is 128 cm³/mol. The number of rotatable bonds is 6. The maximum atomic E-state index is 5.98. The van der Waals surface area contributed by atoms with Gasteiger partial charge in [-0.25, -0.2) is 10.1 Å². The van der Waals surface area contributed by atoms with Gasteiger partial charge in [0.15, 0.2) is 11.5 Å². The monoisotopic (exact) mass is 452 g/mol. The predicted octanol–water partition coefficient (Wildman–Crippen LogP) is 4.15. The number of tetrazole rings is 1. The third-order valence-corrected chi connectivity index (χ3v) is 6.17. The number of ether oxygens (including phenoxy) is 1. The Morgan fingerprint density at radius 1 is 0.882 bits per heavy atom. The van der Waals surface area contributed by atoms with Crippen molar-refractivity contribution in [2.24, 2.45) is 0 Å². The molecule has 0 bridgehead atoms. The first-order valence-electron chi connectivity index (χ1n) is 11.5. The van der Waals surface area contributed by atoms with Crippen molar-refractivity contribution < 1.29 is 4.74 Å². The van der Waals surface area contributed by atoms with Gasteiger partial charge in [0.25, 0.3) is 0 Å². The molecular formula is C25H24N8O. The van der Waals surface area contributed by atoms with Crippen molar-refractivity contribution in [1.29, 1.82) is 0 Å². The van der Waals surface area contributed by atoms with E-state index in [-0.39, 0.29) is 0 Å². The minimum Gasteiger partial charge on any atom is -0.489 e. The van der Waals surface area contributed by atoms with Crippen molar-refractivity contribution in [3.63, 3.8) is 0 Å². The van der Waals surface area contributed by atoms with Gasteiger partial charge < -0.3 is 9.64 Å². The highest BCUT2D eigenvalue weighted by molar-refractivity contribution is 5.81. The second-order valence-corrected chi connectivity index (χ2v) is 8.39. The molecule has 1 N–H and O–H groups in total. The second-order valence-electron chi connectivity index (χ2n) is 8.39. The van der Waals surface area contributed by atoms with Gasteiger partial charge in [0.2, 0.25) is 0 Å². The van der Waals surface area contributed by atoms with E-state index in [0.717, 1.165) is 65.4 Å². The van der Waals surface area contributed by atoms with Gasteiger partial charge in [0.05, 0.1) is 11.8 Å². The summed E-state index contributed by atoms with van der Waals surface area (Å²) in [6.07, 6.45) is 7.27. The molecule has 1 aliphatic heterocycles. The van der Waals surface area contributed by atoms with Gasteiger partial charge >= 0.3 is 0 Å². The number of anilines is 1. The zero-order chi connectivity index (χ0) is 22.7. The van der Waals surface area contributed by atoms with Crippen LogP contribution in [-0.2, 0) is 6.61 Å². The molecule has 0 radical (unpaired) electrons. The van der Waals surface area contributed by atoms with E-state index < -0.39 is 0 Å². The topological polar surface area (TPSA) is 97.1 Å². The van der Waals surface area contributed by atoms with E-state index in [1.54, 1.807) is 6.20 Å². The minimum atomic E-state index is 0.541. The Hall–Kier alpha value is -4.27. The standard InChI is InChI=1S/C25H24N8O/c1-3-7-18(8-4-1)17-34-20-11-9-19(10-12-20)21-15-26-24-22(23-28-30-31-29-23)16-27-33(24)25(21)32-13-5-2-6-14-32/h1,3-4,7-12,15-16H,2,5-6,13-14,17H2,(H,28,29,30,31). The molecule has 0 saturated carbocycles. The van der Waals surface area contributed by atoms with Gasteiger partial charge in [-0.15, -0.1) is 5.10 Å². The average Bonchev–Trinajstić information content (AvgIpc) is 3.58. The zero-order valence-electron chi connectivity index (χ0n) is 18.6. The number of benzene rings is 2. The molecule has 6 rings (SSSR count). The fourth-order valence-electron chi connectivity index (χ4n) is 4.44. The van der Waals surface area contributed by atoms with Crippen LogP contribution in [0.5, 0.6) is 5.75 Å². The Kier molecular flexibility index (Phi) is 5.35. The summed E-state index contributed by atoms with van der Waals surface area (Å²) in [4.78, 5) is 7.16. The van der Waals surface area contributed by atoms with E-state index in [0.29, 0.717) is 12.4 Å². The number of nitrogens with one attached hydrogen (secondary N) is 1. The van der Waals surface area contributed by atoms with Gasteiger partial charge in [0.1, 0.15) is 18.2 Å². The van der Waals surface area contributed by atoms with Crippen molar-refractivity contribution >= 4 is 11.5 Å². The van der Waals surface area contributed by atoms with Gasteiger partial charge in [-0.3, -0.25) is 0 Å². The van der Waals surface area contributed by atoms with Gasteiger partial charge in [-0.05, 0) is 52.9 Å². The van der Waals surface area contributed by atoms with Gasteiger partial charge in [0, 0.05) is 24.8 Å². The van der Waals surface area contributed by atoms with Crippen molar-refractivity contribution in [2.75, 3.05) is 18.0 Å². The summed E-state index contributed by atoms with van der Waals surface area (Å²) in [5, 5.41) is 18.9. The van der Waals surface area contributed by atoms with E-state index in [2.05, 4.69) is 54.9 Å². The molecule has 0 aliphatic carbocycles. The van der Waals surface area contributed by atoms with Crippen LogP contribution in [0.15, 0.2) is 67.0 Å². The van der Waals surface area contributed by atoms with Crippen LogP contribution in [0, 0.1) is 0 Å². The Labute approximate surface area is 196 Å². The summed E-state index contributed by atoms with van der Waals surface area (Å²) in [7, 11) is 0. The van der Waals surface area contributed by atoms with Crippen LogP contribution in [0.1, 0.15) is 24.8 Å². The van der Waals surface area contributed by atoms with Crippen molar-refractivity contribution in [3.05, 3.63) is 72.6 Å². The third kappa shape index (κ3) is 3.85. The lowest BCUT2D eigenvalue weighted by atomic mass is 10.1. The van der Waals surface area contributed by atoms with Crippen LogP contribution in [0.25, 0.3) is 28.2 Å². The molecule has 9 nitrogen and oxygen atoms in total. The molecule has 34 heavy (non-hydrogen) atoms. The quantitative estimate of drug-likeness (QED) is 0.413. The number of H-pyrrole nitrogens is 1. The fraction of sp³-hybridized carbons (Fsp3) is 0.240. The molecule has 3 aromatic heterocycles. The molecule has 170 valence electrons. The van der Waals surface area contributed by atoms with Crippen molar-refractivity contribution in [1.82, 2.24) is 35.2 Å². The average molecular weight is 453 g/mol. The summed E-state index contributed by atoms with van der Waals surface area (Å²) in [6, 6.07) is 18.4. The van der Waals surface area contributed by atoms with E-state index in [1.807, 2.05) is 41.0 Å². The first-order valence-corrected chi connectivity index (χ1v) is 11.5. The Bertz CT molecular complexity index is 1370. The fourth-order valence-corrected chi connectivity index (χ4v) is 4.44. The van der Waals surface area contributed by atoms with Crippen molar-refractivity contribution in [3.8, 4) is 28.3 Å². The lowest BCUT2D eigenvalue weighted by Crippen LogP contribution is -2.31. The maximum absolute atomic E-state index is 5.98. The Morgan fingerprint density at radius 2 is 1.71 bits per heavy atom. The first kappa shape index (κ1) is 20.3. The lowest BCUT2D eigenvalue weighted by Gasteiger charge is -2.30. The molecule has 0 unspecified atom stereocenters. The molecule has 0 atom stereocenters. The lowest BCUT2D eigenvalue weighted by molar-refractivity contribution is 0.306. The van der Waals surface area contributed by atoms with E-state index in [9.17, 15) is 0 Å². The number of piperidine rings is 1. The summed E-state index contributed by atoms with van der Waals surface area (Å²) in [5.41, 5.74) is 4.75. The van der Waals surface area contributed by atoms with Crippen LogP contribution in [0.2, 0.25) is 0 Å². The molecule has 1 saturated heterocycles. The summed E-state index contributed by atoms with van der Waals surface area (Å²) in [5.74, 6) is 2.43. The number of hydrogen-bond donors (Lipinski definition) is 1. The normalized spacial score (nSPS) is 13.9. The van der Waals surface area contributed by atoms with E-state index >= 15 is 0 Å². The molecule has 9 heteroatoms. The molecular weight excluding hydrogens is 428 g/mol. The number of aromatic amines is 1. The van der Waals surface area contributed by atoms with Crippen LogP contribution in [0.3, 0.4) is 0 Å². The smallest absolute Gasteiger partial charge is 0.184 e. The SMILES string of the molecule is c1ccc(COc2ccc(-c3cnc4c(-c5nnn[nH]5)cnn4c3N3CCCCC3)cc2)cc1. The van der Waals surface area contributed by atoms with Crippen LogP contribution >= 0.6 is 0 Å². The summed E-state index contributed by atoms with van der Waals surface area (Å²) in [6.45, 7) is 2.52. The molecule has 5 aromatic rings. The molecule has 1 fully saturated rings. The van der Waals surface area contributed by atoms with E-state index in [1.165, 1.54) is 6.42 Å². The molecule has 4 heterocycles. The largest absolute Gasteiger partial charge is 0.489 e. The molecule has 0 spiro atoms. The van der Waals surface area contributed by atoms with Crippen LogP contribution in [0.4, 0.5) is 5.82 Å². The Balaban J connectivity index is 1.36. The molecule has 1 aliphatic rings. The maximum Gasteiger partial charge on any atom is 0.184 e. The first-order chi connectivity index (χ1) is 16.9. The number of hydrogen-bond acceptors (Lipinski definition) is 7. The van der Waals surface area contributed by atoms with Crippen molar-refractivity contribution in [2.45, 2.75) is 25.9 Å². The highest BCUT2D eigenvalue weighted by atomic mass is 16.5. The third-order valence-electron chi connectivity index (χ3n) is 6.17. The summed E-state index contributed by atoms with van der Waals surface area (Å²) >= 11 is 0. The van der Waals surface area contributed by atoms with Gasteiger partial charge in [-0.1, -0.05) is 42.5 Å². The van der Waals surface area contributed by atoms with E-state index in [4.69, 9.17) is 9.72 Å². The minimum absolute atomic E-state index is 0.541. The second kappa shape index (κ2) is 8.93. The number of fused-ring (bicyclic) bond motifs is 1. The number of aromatic nitrogens is 7. The van der Waals surface area contributed by atoms with Crippen LogP contribution in [-0.4, -0.2) is 48.3 Å². The zero-order valence-corrected chi connectivity index (χ0v) is 18.6. The van der Waals surface area contributed by atoms with Crippen LogP contribution < -0.4 is 9.64 Å². The highest BCUT2D eigenvalue weighted by Gasteiger charge is 2.22. The Morgan fingerprint density at radius 3 is 2.47 bits per heavy atom. The summed E-state index contributed by atoms with van der Waals surface area (Å²) < 4.78 is 7.89. The van der Waals surface area contributed by atoms with Gasteiger partial charge in [-0.2, -0.15) is 9.61 Å². The highest BCUT2D eigenvalue weighted by Crippen LogP contribution is 2.35. The molecule has 0 amide bonds.